The maximum absolute atomic E-state index is 13.7. The number of aromatic nitrogens is 4. The maximum Gasteiger partial charge on any atom is 0.200 e. The van der Waals surface area contributed by atoms with Crippen LogP contribution in [-0.2, 0) is 0 Å². The summed E-state index contributed by atoms with van der Waals surface area (Å²) in [6.07, 6.45) is 3.37. The molecule has 0 unspecified atom stereocenters. The number of nitrogens with zero attached hydrogens (tertiary/aromatic N) is 3. The van der Waals surface area contributed by atoms with Crippen LogP contribution >= 0.6 is 12.2 Å². The lowest BCUT2D eigenvalue weighted by molar-refractivity contribution is 0.617. The third kappa shape index (κ3) is 2.04. The molecule has 0 fully saturated rings. The first kappa shape index (κ1) is 12.7. The van der Waals surface area contributed by atoms with E-state index in [4.69, 9.17) is 12.2 Å². The summed E-state index contributed by atoms with van der Waals surface area (Å²) in [7, 11) is 0. The summed E-state index contributed by atoms with van der Waals surface area (Å²) in [5.41, 5.74) is 2.00. The summed E-state index contributed by atoms with van der Waals surface area (Å²) in [5.74, 6) is 0.333. The third-order valence-electron chi connectivity index (χ3n) is 3.07. The quantitative estimate of drug-likeness (QED) is 0.734. The molecule has 0 saturated carbocycles. The van der Waals surface area contributed by atoms with E-state index in [0.717, 1.165) is 5.56 Å². The lowest BCUT2D eigenvalue weighted by atomic mass is 10.1. The van der Waals surface area contributed by atoms with Gasteiger partial charge >= 0.3 is 0 Å². The number of halogens is 1. The van der Waals surface area contributed by atoms with Gasteiger partial charge in [0, 0.05) is 23.5 Å². The first-order chi connectivity index (χ1) is 9.68. The van der Waals surface area contributed by atoms with Crippen molar-refractivity contribution in [1.29, 1.82) is 0 Å². The minimum Gasteiger partial charge on any atom is -0.268 e. The van der Waals surface area contributed by atoms with Crippen molar-refractivity contribution in [2.24, 2.45) is 0 Å². The first-order valence-corrected chi connectivity index (χ1v) is 6.42. The van der Waals surface area contributed by atoms with Crippen LogP contribution in [0.5, 0.6) is 0 Å². The summed E-state index contributed by atoms with van der Waals surface area (Å²) in [6, 6.07) is 8.58. The van der Waals surface area contributed by atoms with E-state index in [1.165, 1.54) is 6.07 Å². The predicted molar refractivity (Wildman–Crippen MR) is 76.7 cm³/mol. The van der Waals surface area contributed by atoms with Crippen LogP contribution < -0.4 is 0 Å². The molecule has 0 amide bonds. The molecule has 0 atom stereocenters. The Hall–Kier alpha value is -2.34. The second kappa shape index (κ2) is 4.97. The van der Waals surface area contributed by atoms with E-state index in [-0.39, 0.29) is 5.82 Å². The van der Waals surface area contributed by atoms with Gasteiger partial charge in [-0.2, -0.15) is 5.10 Å². The highest BCUT2D eigenvalue weighted by Crippen LogP contribution is 2.23. The highest BCUT2D eigenvalue weighted by atomic mass is 32.1. The second-order valence-corrected chi connectivity index (χ2v) is 4.70. The fraction of sp³-hybridized carbons (Fsp3) is 0.0714. The molecule has 3 aromatic rings. The highest BCUT2D eigenvalue weighted by Gasteiger charge is 2.13. The van der Waals surface area contributed by atoms with Gasteiger partial charge in [-0.25, -0.2) is 4.39 Å². The Balaban J connectivity index is 2.28. The topological polar surface area (TPSA) is 46.5 Å². The van der Waals surface area contributed by atoms with Crippen molar-refractivity contribution in [2.45, 2.75) is 6.92 Å². The average molecular weight is 286 g/mol. The van der Waals surface area contributed by atoms with Gasteiger partial charge in [0.05, 0.1) is 5.69 Å². The molecule has 6 heteroatoms. The zero-order chi connectivity index (χ0) is 14.1. The van der Waals surface area contributed by atoms with E-state index < -0.39 is 0 Å². The van der Waals surface area contributed by atoms with Gasteiger partial charge in [0.15, 0.2) is 10.6 Å². The summed E-state index contributed by atoms with van der Waals surface area (Å²) >= 11 is 5.26. The molecule has 1 N–H and O–H groups in total. The zero-order valence-corrected chi connectivity index (χ0v) is 11.5. The third-order valence-corrected chi connectivity index (χ3v) is 3.35. The normalized spacial score (nSPS) is 10.7. The molecular formula is C14H11FN4S. The Morgan fingerprint density at radius 2 is 2.10 bits per heavy atom. The van der Waals surface area contributed by atoms with Crippen LogP contribution in [0.2, 0.25) is 0 Å². The van der Waals surface area contributed by atoms with E-state index in [2.05, 4.69) is 15.2 Å². The predicted octanol–water partition coefficient (Wildman–Crippen LogP) is 3.44. The molecule has 2 heterocycles. The zero-order valence-electron chi connectivity index (χ0n) is 10.7. The molecule has 1 aromatic carbocycles. The standard InChI is InChI=1S/C14H11FN4S/c1-9-11(15)5-2-6-12(9)19-13(17-18-14(19)20)10-4-3-7-16-8-10/h2-8H,1H3,(H,18,20). The van der Waals surface area contributed by atoms with Crippen LogP contribution in [0.15, 0.2) is 42.7 Å². The molecule has 0 aliphatic carbocycles. The highest BCUT2D eigenvalue weighted by molar-refractivity contribution is 7.71. The van der Waals surface area contributed by atoms with Gasteiger partial charge in [-0.1, -0.05) is 6.07 Å². The molecule has 0 radical (unpaired) electrons. The fourth-order valence-corrected chi connectivity index (χ4v) is 2.28. The van der Waals surface area contributed by atoms with Gasteiger partial charge in [-0.3, -0.25) is 14.6 Å². The van der Waals surface area contributed by atoms with E-state index in [1.54, 1.807) is 30.0 Å². The van der Waals surface area contributed by atoms with Gasteiger partial charge < -0.3 is 0 Å². The molecule has 0 saturated heterocycles. The summed E-state index contributed by atoms with van der Waals surface area (Å²) in [4.78, 5) is 4.07. The van der Waals surface area contributed by atoms with Crippen molar-refractivity contribution in [2.75, 3.05) is 0 Å². The molecule has 4 nitrogen and oxygen atoms in total. The number of hydrogen-bond acceptors (Lipinski definition) is 3. The van der Waals surface area contributed by atoms with E-state index >= 15 is 0 Å². The SMILES string of the molecule is Cc1c(F)cccc1-n1c(-c2cccnc2)n[nH]c1=S. The Morgan fingerprint density at radius 3 is 2.85 bits per heavy atom. The monoisotopic (exact) mass is 286 g/mol. The lowest BCUT2D eigenvalue weighted by Gasteiger charge is -2.10. The Labute approximate surface area is 119 Å². The number of aromatic amines is 1. The number of nitrogens with one attached hydrogen (secondary N) is 1. The van der Waals surface area contributed by atoms with Crippen LogP contribution in [0.3, 0.4) is 0 Å². The Morgan fingerprint density at radius 1 is 1.25 bits per heavy atom. The van der Waals surface area contributed by atoms with Crippen molar-refractivity contribution in [3.05, 3.63) is 58.9 Å². The summed E-state index contributed by atoms with van der Waals surface area (Å²) in [5, 5.41) is 6.96. The van der Waals surface area contributed by atoms with Gasteiger partial charge in [0.1, 0.15) is 5.82 Å². The lowest BCUT2D eigenvalue weighted by Crippen LogP contribution is -2.01. The van der Waals surface area contributed by atoms with Crippen LogP contribution in [0.4, 0.5) is 4.39 Å². The van der Waals surface area contributed by atoms with Crippen LogP contribution in [-0.4, -0.2) is 19.7 Å². The maximum atomic E-state index is 13.7. The van der Waals surface area contributed by atoms with E-state index in [9.17, 15) is 4.39 Å². The first-order valence-electron chi connectivity index (χ1n) is 6.02. The van der Waals surface area contributed by atoms with E-state index in [0.29, 0.717) is 21.8 Å². The van der Waals surface area contributed by atoms with Gasteiger partial charge in [-0.05, 0) is 43.4 Å². The van der Waals surface area contributed by atoms with Gasteiger partial charge in [-0.15, -0.1) is 0 Å². The van der Waals surface area contributed by atoms with Gasteiger partial charge in [0.25, 0.3) is 0 Å². The fourth-order valence-electron chi connectivity index (χ4n) is 2.05. The largest absolute Gasteiger partial charge is 0.268 e. The smallest absolute Gasteiger partial charge is 0.200 e. The van der Waals surface area contributed by atoms with Crippen molar-refractivity contribution in [3.8, 4) is 17.1 Å². The number of benzene rings is 1. The minimum absolute atomic E-state index is 0.275. The van der Waals surface area contributed by atoms with Crippen LogP contribution in [0.25, 0.3) is 17.1 Å². The number of pyridine rings is 1. The second-order valence-electron chi connectivity index (χ2n) is 4.31. The molecule has 100 valence electrons. The van der Waals surface area contributed by atoms with Crippen molar-refractivity contribution < 1.29 is 4.39 Å². The van der Waals surface area contributed by atoms with Crippen molar-refractivity contribution in [1.82, 2.24) is 19.7 Å². The Kier molecular flexibility index (Phi) is 3.15. The molecule has 0 spiro atoms. The molecule has 0 aliphatic rings. The van der Waals surface area contributed by atoms with Crippen molar-refractivity contribution >= 4 is 12.2 Å². The number of H-pyrrole nitrogens is 1. The number of hydrogen-bond donors (Lipinski definition) is 1. The van der Waals surface area contributed by atoms with Gasteiger partial charge in [0.2, 0.25) is 0 Å². The molecule has 2 aromatic heterocycles. The molecule has 20 heavy (non-hydrogen) atoms. The average Bonchev–Trinajstić information content (AvgIpc) is 2.85. The van der Waals surface area contributed by atoms with E-state index in [1.807, 2.05) is 18.2 Å². The molecular weight excluding hydrogens is 275 g/mol. The molecule has 3 rings (SSSR count). The molecule has 0 aliphatic heterocycles. The van der Waals surface area contributed by atoms with Crippen molar-refractivity contribution in [3.63, 3.8) is 0 Å². The number of rotatable bonds is 2. The minimum atomic E-state index is -0.275. The van der Waals surface area contributed by atoms with Crippen LogP contribution in [0.1, 0.15) is 5.56 Å². The Bertz CT molecular complexity index is 808. The summed E-state index contributed by atoms with van der Waals surface area (Å²) in [6.45, 7) is 1.71. The molecule has 0 bridgehead atoms. The summed E-state index contributed by atoms with van der Waals surface area (Å²) < 4.78 is 15.9. The van der Waals surface area contributed by atoms with Crippen LogP contribution in [0, 0.1) is 17.5 Å².